The molecule has 1 rings (SSSR count). The minimum absolute atomic E-state index is 0.119. The Kier molecular flexibility index (Phi) is 7.95. The van der Waals surface area contributed by atoms with Crippen LogP contribution in [0.25, 0.3) is 6.08 Å². The van der Waals surface area contributed by atoms with E-state index in [2.05, 4.69) is 19.2 Å². The molecule has 0 unspecified atom stereocenters. The first-order valence-corrected chi connectivity index (χ1v) is 7.66. The average Bonchev–Trinajstić information content (AvgIpc) is 2.52. The van der Waals surface area contributed by atoms with Crippen molar-refractivity contribution >= 4 is 12.0 Å². The zero-order valence-electron chi connectivity index (χ0n) is 13.6. The summed E-state index contributed by atoms with van der Waals surface area (Å²) in [5.41, 5.74) is 2.20. The second-order valence-corrected chi connectivity index (χ2v) is 5.30. The first-order chi connectivity index (χ1) is 10.6. The third-order valence-electron chi connectivity index (χ3n) is 3.23. The van der Waals surface area contributed by atoms with Crippen molar-refractivity contribution in [1.29, 1.82) is 5.26 Å². The molecule has 0 aliphatic carbocycles. The maximum atomic E-state index is 11.9. The second kappa shape index (κ2) is 9.75. The van der Waals surface area contributed by atoms with Crippen molar-refractivity contribution in [2.75, 3.05) is 19.8 Å². The maximum Gasteiger partial charge on any atom is 0.261 e. The first-order valence-electron chi connectivity index (χ1n) is 7.66. The number of benzene rings is 1. The van der Waals surface area contributed by atoms with Crippen molar-refractivity contribution in [1.82, 2.24) is 5.32 Å². The molecule has 0 aromatic heterocycles. The third-order valence-corrected chi connectivity index (χ3v) is 3.23. The van der Waals surface area contributed by atoms with Crippen LogP contribution in [0.2, 0.25) is 0 Å². The van der Waals surface area contributed by atoms with E-state index < -0.39 is 0 Å². The van der Waals surface area contributed by atoms with Crippen LogP contribution in [-0.2, 0) is 9.53 Å². The number of rotatable bonds is 8. The van der Waals surface area contributed by atoms with Crippen molar-refractivity contribution in [3.05, 3.63) is 41.0 Å². The van der Waals surface area contributed by atoms with Crippen LogP contribution >= 0.6 is 0 Å². The van der Waals surface area contributed by atoms with Gasteiger partial charge in [-0.05, 0) is 36.5 Å². The summed E-state index contributed by atoms with van der Waals surface area (Å²) in [4.78, 5) is 11.9. The predicted molar refractivity (Wildman–Crippen MR) is 88.2 cm³/mol. The molecule has 0 heterocycles. The monoisotopic (exact) mass is 300 g/mol. The minimum atomic E-state index is -0.341. The molecule has 118 valence electrons. The van der Waals surface area contributed by atoms with Gasteiger partial charge in [-0.25, -0.2) is 0 Å². The van der Waals surface area contributed by atoms with E-state index >= 15 is 0 Å². The van der Waals surface area contributed by atoms with Gasteiger partial charge in [-0.1, -0.05) is 38.1 Å². The summed E-state index contributed by atoms with van der Waals surface area (Å²) in [5.74, 6) is 0.119. The number of amides is 1. The molecule has 4 nitrogen and oxygen atoms in total. The molecule has 1 amide bonds. The molecular weight excluding hydrogens is 276 g/mol. The molecule has 1 aromatic rings. The van der Waals surface area contributed by atoms with Crippen molar-refractivity contribution in [2.24, 2.45) is 0 Å². The highest BCUT2D eigenvalue weighted by Gasteiger charge is 2.08. The molecule has 22 heavy (non-hydrogen) atoms. The molecule has 0 saturated carbocycles. The third kappa shape index (κ3) is 6.11. The number of nitrogens with zero attached hydrogens (tertiary/aromatic N) is 1. The molecule has 0 bridgehead atoms. The highest BCUT2D eigenvalue weighted by Crippen LogP contribution is 2.16. The van der Waals surface area contributed by atoms with Crippen LogP contribution < -0.4 is 5.32 Å². The van der Waals surface area contributed by atoms with Gasteiger partial charge in [-0.15, -0.1) is 0 Å². The SMILES string of the molecule is CCOCCCNC(=O)/C(C#N)=C/c1ccc(C(C)C)cc1. The van der Waals surface area contributed by atoms with Gasteiger partial charge >= 0.3 is 0 Å². The van der Waals surface area contributed by atoms with Gasteiger partial charge in [0.1, 0.15) is 11.6 Å². The molecule has 0 atom stereocenters. The lowest BCUT2D eigenvalue weighted by atomic mass is 10.0. The van der Waals surface area contributed by atoms with Gasteiger partial charge in [-0.2, -0.15) is 5.26 Å². The smallest absolute Gasteiger partial charge is 0.261 e. The van der Waals surface area contributed by atoms with E-state index in [0.717, 1.165) is 12.0 Å². The highest BCUT2D eigenvalue weighted by molar-refractivity contribution is 6.01. The Morgan fingerprint density at radius 3 is 2.59 bits per heavy atom. The van der Waals surface area contributed by atoms with E-state index in [1.54, 1.807) is 6.08 Å². The van der Waals surface area contributed by atoms with Crippen LogP contribution in [0.3, 0.4) is 0 Å². The summed E-state index contributed by atoms with van der Waals surface area (Å²) in [5, 5.41) is 11.9. The Labute approximate surface area is 132 Å². The van der Waals surface area contributed by atoms with Gasteiger partial charge < -0.3 is 10.1 Å². The Bertz CT molecular complexity index is 539. The van der Waals surface area contributed by atoms with E-state index in [4.69, 9.17) is 10.00 Å². The standard InChI is InChI=1S/C18H24N2O2/c1-4-22-11-5-10-20-18(21)17(13-19)12-15-6-8-16(9-7-15)14(2)3/h6-9,12,14H,4-5,10-11H2,1-3H3,(H,20,21)/b17-12+. The molecule has 4 heteroatoms. The molecule has 1 aromatic carbocycles. The van der Waals surface area contributed by atoms with Crippen molar-refractivity contribution < 1.29 is 9.53 Å². The van der Waals surface area contributed by atoms with Crippen LogP contribution in [0.5, 0.6) is 0 Å². The van der Waals surface area contributed by atoms with E-state index in [9.17, 15) is 4.79 Å². The molecule has 0 aliphatic rings. The van der Waals surface area contributed by atoms with Gasteiger partial charge in [-0.3, -0.25) is 4.79 Å². The zero-order chi connectivity index (χ0) is 16.4. The van der Waals surface area contributed by atoms with Crippen LogP contribution in [0.15, 0.2) is 29.8 Å². The topological polar surface area (TPSA) is 62.1 Å². The first kappa shape index (κ1) is 17.9. The summed E-state index contributed by atoms with van der Waals surface area (Å²) in [6.07, 6.45) is 2.35. The van der Waals surface area contributed by atoms with Crippen molar-refractivity contribution in [2.45, 2.75) is 33.1 Å². The summed E-state index contributed by atoms with van der Waals surface area (Å²) in [7, 11) is 0. The quantitative estimate of drug-likeness (QED) is 0.455. The van der Waals surface area contributed by atoms with Crippen LogP contribution in [0.1, 0.15) is 44.2 Å². The van der Waals surface area contributed by atoms with Crippen LogP contribution in [0.4, 0.5) is 0 Å². The summed E-state index contributed by atoms with van der Waals surface area (Å²) in [6.45, 7) is 7.97. The molecule has 0 spiro atoms. The van der Waals surface area contributed by atoms with Crippen LogP contribution in [0, 0.1) is 11.3 Å². The number of nitriles is 1. The van der Waals surface area contributed by atoms with Gasteiger partial charge in [0.05, 0.1) is 0 Å². The van der Waals surface area contributed by atoms with E-state index in [0.29, 0.717) is 25.7 Å². The molecule has 0 aliphatic heterocycles. The second-order valence-electron chi connectivity index (χ2n) is 5.30. The fourth-order valence-corrected chi connectivity index (χ4v) is 1.91. The molecule has 0 saturated heterocycles. The van der Waals surface area contributed by atoms with E-state index in [-0.39, 0.29) is 11.5 Å². The van der Waals surface area contributed by atoms with Gasteiger partial charge in [0.2, 0.25) is 0 Å². The molecule has 0 radical (unpaired) electrons. The Morgan fingerprint density at radius 2 is 2.05 bits per heavy atom. The Morgan fingerprint density at radius 1 is 1.36 bits per heavy atom. The summed E-state index contributed by atoms with van der Waals surface area (Å²) < 4.78 is 5.20. The number of nitrogens with one attached hydrogen (secondary N) is 1. The minimum Gasteiger partial charge on any atom is -0.382 e. The van der Waals surface area contributed by atoms with Gasteiger partial charge in [0.15, 0.2) is 0 Å². The average molecular weight is 300 g/mol. The Hall–Kier alpha value is -2.12. The number of ether oxygens (including phenoxy) is 1. The summed E-state index contributed by atoms with van der Waals surface area (Å²) >= 11 is 0. The van der Waals surface area contributed by atoms with Crippen LogP contribution in [-0.4, -0.2) is 25.7 Å². The van der Waals surface area contributed by atoms with Gasteiger partial charge in [0.25, 0.3) is 5.91 Å². The predicted octanol–water partition coefficient (Wildman–Crippen LogP) is 3.26. The van der Waals surface area contributed by atoms with E-state index in [1.165, 1.54) is 5.56 Å². The maximum absolute atomic E-state index is 11.9. The summed E-state index contributed by atoms with van der Waals surface area (Å²) in [6, 6.07) is 9.85. The fourth-order valence-electron chi connectivity index (χ4n) is 1.91. The lowest BCUT2D eigenvalue weighted by Gasteiger charge is -2.06. The molecule has 0 fully saturated rings. The normalized spacial score (nSPS) is 11.3. The number of carbonyl (C=O) groups is 1. The Balaban J connectivity index is 2.62. The zero-order valence-corrected chi connectivity index (χ0v) is 13.6. The number of carbonyl (C=O) groups excluding carboxylic acids is 1. The van der Waals surface area contributed by atoms with Gasteiger partial charge in [0, 0.05) is 19.8 Å². The highest BCUT2D eigenvalue weighted by atomic mass is 16.5. The van der Waals surface area contributed by atoms with E-state index in [1.807, 2.05) is 37.3 Å². The largest absolute Gasteiger partial charge is 0.382 e. The van der Waals surface area contributed by atoms with Crippen molar-refractivity contribution in [3.8, 4) is 6.07 Å². The lowest BCUT2D eigenvalue weighted by molar-refractivity contribution is -0.117. The molecule has 1 N–H and O–H groups in total. The lowest BCUT2D eigenvalue weighted by Crippen LogP contribution is -2.26. The molecular formula is C18H24N2O2. The number of hydrogen-bond acceptors (Lipinski definition) is 3. The fraction of sp³-hybridized carbons (Fsp3) is 0.444. The number of hydrogen-bond donors (Lipinski definition) is 1. The van der Waals surface area contributed by atoms with Crippen molar-refractivity contribution in [3.63, 3.8) is 0 Å².